The van der Waals surface area contributed by atoms with Gasteiger partial charge in [0, 0.05) is 38.9 Å². The van der Waals surface area contributed by atoms with Crippen LogP contribution < -0.4 is 16.0 Å². The minimum Gasteiger partial charge on any atom is -0.354 e. The Labute approximate surface area is 145 Å². The van der Waals surface area contributed by atoms with Gasteiger partial charge >= 0.3 is 0 Å². The Morgan fingerprint density at radius 1 is 1.29 bits per heavy atom. The number of pyridine rings is 1. The molecule has 1 aliphatic heterocycles. The highest BCUT2D eigenvalue weighted by atomic mass is 16.2. The van der Waals surface area contributed by atoms with E-state index in [2.05, 4.69) is 40.9 Å². The lowest BCUT2D eigenvalue weighted by Gasteiger charge is -2.34. The van der Waals surface area contributed by atoms with Gasteiger partial charge in [0.15, 0.2) is 0 Å². The molecule has 0 bridgehead atoms. The molecule has 1 amide bonds. The Balaban J connectivity index is 1.81. The fourth-order valence-corrected chi connectivity index (χ4v) is 2.94. The predicted octanol–water partition coefficient (Wildman–Crippen LogP) is 1.21. The van der Waals surface area contributed by atoms with Crippen molar-refractivity contribution in [2.75, 3.05) is 37.6 Å². The highest BCUT2D eigenvalue weighted by molar-refractivity contribution is 5.81. The summed E-state index contributed by atoms with van der Waals surface area (Å²) in [4.78, 5) is 21.3. The van der Waals surface area contributed by atoms with Crippen LogP contribution in [0.3, 0.4) is 0 Å². The Bertz CT molecular complexity index is 509. The summed E-state index contributed by atoms with van der Waals surface area (Å²) in [5, 5.41) is 2.89. The lowest BCUT2D eigenvalue weighted by Crippen LogP contribution is -2.46. The van der Waals surface area contributed by atoms with Crippen molar-refractivity contribution in [3.8, 4) is 0 Å². The van der Waals surface area contributed by atoms with Crippen molar-refractivity contribution < 1.29 is 4.79 Å². The molecule has 0 unspecified atom stereocenters. The number of amides is 1. The zero-order valence-corrected chi connectivity index (χ0v) is 15.2. The van der Waals surface area contributed by atoms with Gasteiger partial charge in [0.1, 0.15) is 5.82 Å². The number of nitrogens with zero attached hydrogens (tertiary/aromatic N) is 3. The Morgan fingerprint density at radius 2 is 2.00 bits per heavy atom. The summed E-state index contributed by atoms with van der Waals surface area (Å²) >= 11 is 0. The summed E-state index contributed by atoms with van der Waals surface area (Å²) in [6, 6.07) is 3.63. The molecule has 1 fully saturated rings. The van der Waals surface area contributed by atoms with Crippen molar-refractivity contribution >= 4 is 11.7 Å². The summed E-state index contributed by atoms with van der Waals surface area (Å²) in [5.74, 6) is 1.33. The fourth-order valence-electron chi connectivity index (χ4n) is 2.94. The number of hydrogen-bond donors (Lipinski definition) is 2. The first-order valence-electron chi connectivity index (χ1n) is 8.95. The molecule has 0 aromatic carbocycles. The lowest BCUT2D eigenvalue weighted by atomic mass is 10.0. The van der Waals surface area contributed by atoms with Crippen LogP contribution in [0.15, 0.2) is 18.3 Å². The molecule has 0 spiro atoms. The van der Waals surface area contributed by atoms with Crippen LogP contribution in [-0.2, 0) is 11.3 Å². The molecule has 6 nitrogen and oxygen atoms in total. The second kappa shape index (κ2) is 8.99. The second-order valence-electron chi connectivity index (χ2n) is 6.90. The van der Waals surface area contributed by atoms with Crippen molar-refractivity contribution in [2.45, 2.75) is 39.8 Å². The van der Waals surface area contributed by atoms with Crippen molar-refractivity contribution in [1.29, 1.82) is 0 Å². The van der Waals surface area contributed by atoms with E-state index in [1.165, 1.54) is 0 Å². The summed E-state index contributed by atoms with van der Waals surface area (Å²) in [6.07, 6.45) is 2.54. The largest absolute Gasteiger partial charge is 0.354 e. The number of carbonyl (C=O) groups excluding carboxylic acids is 1. The number of piperazine rings is 1. The molecule has 24 heavy (non-hydrogen) atoms. The SMILES string of the molecule is CCN1CCN(c2ccc(CNC(=O)[C@@H](N)CC(C)C)cn2)CC1. The molecule has 0 radical (unpaired) electrons. The number of nitrogens with one attached hydrogen (secondary N) is 1. The fraction of sp³-hybridized carbons (Fsp3) is 0.667. The van der Waals surface area contributed by atoms with E-state index >= 15 is 0 Å². The lowest BCUT2D eigenvalue weighted by molar-refractivity contribution is -0.122. The summed E-state index contributed by atoms with van der Waals surface area (Å²) in [5.41, 5.74) is 6.88. The van der Waals surface area contributed by atoms with Gasteiger partial charge in [-0.1, -0.05) is 26.8 Å². The van der Waals surface area contributed by atoms with E-state index < -0.39 is 6.04 Å². The molecule has 1 aromatic rings. The first kappa shape index (κ1) is 18.7. The van der Waals surface area contributed by atoms with Crippen LogP contribution in [0.1, 0.15) is 32.8 Å². The standard InChI is InChI=1S/C18H31N5O/c1-4-22-7-9-23(10-8-22)17-6-5-15(12-20-17)13-21-18(24)16(19)11-14(2)3/h5-6,12,14,16H,4,7-11,13,19H2,1-3H3,(H,21,24)/t16-/m0/s1. The maximum atomic E-state index is 12.0. The minimum atomic E-state index is -0.438. The van der Waals surface area contributed by atoms with E-state index in [-0.39, 0.29) is 5.91 Å². The second-order valence-corrected chi connectivity index (χ2v) is 6.90. The number of aromatic nitrogens is 1. The molecular formula is C18H31N5O. The highest BCUT2D eigenvalue weighted by Crippen LogP contribution is 2.14. The first-order chi connectivity index (χ1) is 11.5. The molecule has 0 aliphatic carbocycles. The number of carbonyl (C=O) groups is 1. The van der Waals surface area contributed by atoms with Crippen LogP contribution in [0.4, 0.5) is 5.82 Å². The van der Waals surface area contributed by atoms with Gasteiger partial charge in [-0.25, -0.2) is 4.98 Å². The van der Waals surface area contributed by atoms with Crippen molar-refractivity contribution in [3.63, 3.8) is 0 Å². The Morgan fingerprint density at radius 3 is 2.54 bits per heavy atom. The van der Waals surface area contributed by atoms with E-state index in [1.54, 1.807) is 0 Å². The van der Waals surface area contributed by atoms with Gasteiger partial charge in [-0.2, -0.15) is 0 Å². The number of hydrogen-bond acceptors (Lipinski definition) is 5. The van der Waals surface area contributed by atoms with E-state index in [4.69, 9.17) is 5.73 Å². The summed E-state index contributed by atoms with van der Waals surface area (Å²) in [6.45, 7) is 12.1. The van der Waals surface area contributed by atoms with Gasteiger partial charge in [0.25, 0.3) is 0 Å². The van der Waals surface area contributed by atoms with Gasteiger partial charge in [-0.15, -0.1) is 0 Å². The minimum absolute atomic E-state index is 0.0940. The number of likely N-dealkylation sites (N-methyl/N-ethyl adjacent to an activating group) is 1. The maximum absolute atomic E-state index is 12.0. The van der Waals surface area contributed by atoms with Gasteiger partial charge in [0.2, 0.25) is 5.91 Å². The predicted molar refractivity (Wildman–Crippen MR) is 97.8 cm³/mol. The molecule has 134 valence electrons. The van der Waals surface area contributed by atoms with Gasteiger partial charge in [0.05, 0.1) is 6.04 Å². The number of nitrogens with two attached hydrogens (primary N) is 1. The average molecular weight is 333 g/mol. The van der Waals surface area contributed by atoms with Crippen LogP contribution in [-0.4, -0.2) is 54.6 Å². The van der Waals surface area contributed by atoms with Crippen LogP contribution in [0.2, 0.25) is 0 Å². The van der Waals surface area contributed by atoms with Crippen molar-refractivity contribution in [1.82, 2.24) is 15.2 Å². The average Bonchev–Trinajstić information content (AvgIpc) is 2.59. The normalized spacial score (nSPS) is 17.1. The third-order valence-corrected chi connectivity index (χ3v) is 4.48. The highest BCUT2D eigenvalue weighted by Gasteiger charge is 2.17. The first-order valence-corrected chi connectivity index (χ1v) is 8.95. The third kappa shape index (κ3) is 5.46. The topological polar surface area (TPSA) is 74.5 Å². The maximum Gasteiger partial charge on any atom is 0.237 e. The summed E-state index contributed by atoms with van der Waals surface area (Å²) in [7, 11) is 0. The van der Waals surface area contributed by atoms with E-state index in [0.29, 0.717) is 18.9 Å². The number of rotatable bonds is 7. The molecule has 1 aliphatic rings. The monoisotopic (exact) mass is 333 g/mol. The zero-order valence-electron chi connectivity index (χ0n) is 15.2. The quantitative estimate of drug-likeness (QED) is 0.785. The summed E-state index contributed by atoms with van der Waals surface area (Å²) < 4.78 is 0. The molecule has 3 N–H and O–H groups in total. The van der Waals surface area contributed by atoms with Crippen LogP contribution >= 0.6 is 0 Å². The molecule has 1 aromatic heterocycles. The molecule has 0 saturated carbocycles. The van der Waals surface area contributed by atoms with Crippen LogP contribution in [0.25, 0.3) is 0 Å². The molecule has 1 atom stereocenters. The molecule has 6 heteroatoms. The van der Waals surface area contributed by atoms with E-state index in [1.807, 2.05) is 18.3 Å². The van der Waals surface area contributed by atoms with E-state index in [9.17, 15) is 4.79 Å². The molecular weight excluding hydrogens is 302 g/mol. The molecule has 2 heterocycles. The van der Waals surface area contributed by atoms with Crippen LogP contribution in [0.5, 0.6) is 0 Å². The molecule has 1 saturated heterocycles. The Kier molecular flexibility index (Phi) is 6.99. The van der Waals surface area contributed by atoms with Gasteiger partial charge in [-0.05, 0) is 30.5 Å². The van der Waals surface area contributed by atoms with Crippen LogP contribution in [0, 0.1) is 5.92 Å². The van der Waals surface area contributed by atoms with Gasteiger partial charge < -0.3 is 20.9 Å². The molecule has 2 rings (SSSR count). The smallest absolute Gasteiger partial charge is 0.237 e. The number of anilines is 1. The Hall–Kier alpha value is -1.66. The van der Waals surface area contributed by atoms with Gasteiger partial charge in [-0.3, -0.25) is 4.79 Å². The van der Waals surface area contributed by atoms with E-state index in [0.717, 1.165) is 44.1 Å². The zero-order chi connectivity index (χ0) is 17.5. The van der Waals surface area contributed by atoms with Crippen molar-refractivity contribution in [2.24, 2.45) is 11.7 Å². The van der Waals surface area contributed by atoms with Crippen molar-refractivity contribution in [3.05, 3.63) is 23.9 Å². The third-order valence-electron chi connectivity index (χ3n) is 4.48.